The van der Waals surface area contributed by atoms with E-state index in [0.717, 1.165) is 45.6 Å². The van der Waals surface area contributed by atoms with Crippen LogP contribution in [0.25, 0.3) is 0 Å². The number of hydrogen-bond acceptors (Lipinski definition) is 9. The molecule has 0 aromatic heterocycles. The van der Waals surface area contributed by atoms with Crippen molar-refractivity contribution in [3.63, 3.8) is 0 Å². The summed E-state index contributed by atoms with van der Waals surface area (Å²) in [6.45, 7) is 11.4. The van der Waals surface area contributed by atoms with E-state index in [1.54, 1.807) is 31.1 Å². The minimum Gasteiger partial charge on any atom is -0.497 e. The molecule has 2 unspecified atom stereocenters. The number of Topliss-reactive ketones (excluding diaryl/α,β-unsaturated/α-hetero) is 1. The van der Waals surface area contributed by atoms with Gasteiger partial charge in [0.05, 0.1) is 24.7 Å². The minimum atomic E-state index is -3.13. The number of nitrogens with zero attached hydrogens (tertiary/aromatic N) is 1. The summed E-state index contributed by atoms with van der Waals surface area (Å²) in [6, 6.07) is 51.7. The highest BCUT2D eigenvalue weighted by Gasteiger charge is 2.57. The second-order valence-corrected chi connectivity index (χ2v) is 19.5. The van der Waals surface area contributed by atoms with Crippen LogP contribution >= 0.6 is 0 Å². The Morgan fingerprint density at radius 2 is 1.04 bits per heavy atom. The average Bonchev–Trinajstić information content (AvgIpc) is 3.34. The van der Waals surface area contributed by atoms with E-state index in [1.165, 1.54) is 0 Å². The molecule has 1 fully saturated rings. The smallest absolute Gasteiger partial charge is 0.497 e. The number of amides is 1. The molecule has 0 bridgehead atoms. The van der Waals surface area contributed by atoms with Crippen LogP contribution in [0.5, 0.6) is 11.5 Å². The van der Waals surface area contributed by atoms with Crippen molar-refractivity contribution in [3.8, 4) is 11.5 Å². The van der Waals surface area contributed by atoms with Crippen molar-refractivity contribution in [2.45, 2.75) is 70.4 Å². The highest BCUT2D eigenvalue weighted by Crippen LogP contribution is 2.46. The molecule has 1 amide bonds. The highest BCUT2D eigenvalue weighted by molar-refractivity contribution is 6.63. The molecule has 0 N–H and O–H groups in total. The van der Waals surface area contributed by atoms with Crippen LogP contribution in [0.15, 0.2) is 158 Å². The number of hydrogen-bond donors (Lipinski definition) is 0. The zero-order valence-electron chi connectivity index (χ0n) is 39.4. The summed E-state index contributed by atoms with van der Waals surface area (Å²) in [4.78, 5) is 41.1. The molecule has 11 heteroatoms. The number of carbonyl (C=O) groups excluding carboxylic acids is 3. The van der Waals surface area contributed by atoms with E-state index >= 15 is 0 Å². The Balaban J connectivity index is 1.09. The van der Waals surface area contributed by atoms with Crippen molar-refractivity contribution in [1.82, 2.24) is 4.90 Å². The first-order valence-electron chi connectivity index (χ1n) is 23.2. The van der Waals surface area contributed by atoms with Crippen LogP contribution in [0, 0.1) is 0 Å². The van der Waals surface area contributed by atoms with Crippen molar-refractivity contribution in [2.24, 2.45) is 0 Å². The molecule has 67 heavy (non-hydrogen) atoms. The molecule has 10 nitrogen and oxygen atoms in total. The average molecular weight is 920 g/mol. The molecule has 0 radical (unpaired) electrons. The Kier molecular flexibility index (Phi) is 15.9. The summed E-state index contributed by atoms with van der Waals surface area (Å²) in [5.74, 6) is 0.669. The summed E-state index contributed by atoms with van der Waals surface area (Å²) in [7, 11) is -1.47. The fourth-order valence-corrected chi connectivity index (χ4v) is 12.5. The third-order valence-corrected chi connectivity index (χ3v) is 16.4. The van der Waals surface area contributed by atoms with E-state index in [0.29, 0.717) is 56.1 Å². The van der Waals surface area contributed by atoms with Crippen LogP contribution in [0.3, 0.4) is 0 Å². The topological polar surface area (TPSA) is 110 Å². The van der Waals surface area contributed by atoms with Crippen LogP contribution < -0.4 is 9.47 Å². The van der Waals surface area contributed by atoms with E-state index < -0.39 is 31.7 Å². The Morgan fingerprint density at radius 3 is 1.51 bits per heavy atom. The summed E-state index contributed by atoms with van der Waals surface area (Å²) >= 11 is 0. The van der Waals surface area contributed by atoms with Crippen molar-refractivity contribution in [2.75, 3.05) is 40.1 Å². The van der Waals surface area contributed by atoms with Gasteiger partial charge in [-0.15, -0.1) is 0 Å². The molecule has 1 heterocycles. The van der Waals surface area contributed by atoms with E-state index in [4.69, 9.17) is 27.5 Å². The summed E-state index contributed by atoms with van der Waals surface area (Å²) in [5.41, 5.74) is 5.66. The lowest BCUT2D eigenvalue weighted by Gasteiger charge is -2.47. The van der Waals surface area contributed by atoms with Gasteiger partial charge in [-0.3, -0.25) is 4.79 Å². The zero-order valence-corrected chi connectivity index (χ0v) is 40.4. The third-order valence-electron chi connectivity index (χ3n) is 12.9. The molecular weight excluding hydrogens is 859 g/mol. The molecule has 348 valence electrons. The monoisotopic (exact) mass is 919 g/mol. The van der Waals surface area contributed by atoms with Crippen molar-refractivity contribution in [1.29, 1.82) is 0 Å². The number of carbonyl (C=O) groups is 3. The number of methoxy groups -OCH3 is 1. The van der Waals surface area contributed by atoms with E-state index in [9.17, 15) is 14.4 Å². The second-order valence-electron chi connectivity index (χ2n) is 16.8. The predicted molar refractivity (Wildman–Crippen MR) is 262 cm³/mol. The summed E-state index contributed by atoms with van der Waals surface area (Å²) in [6.07, 6.45) is 1.49. The number of esters is 1. The van der Waals surface area contributed by atoms with Gasteiger partial charge < -0.3 is 32.4 Å². The first-order valence-corrected chi connectivity index (χ1v) is 25.0. The Labute approximate surface area is 396 Å². The molecule has 1 aliphatic rings. The van der Waals surface area contributed by atoms with Gasteiger partial charge in [-0.05, 0) is 117 Å². The molecule has 1 saturated heterocycles. The molecule has 0 spiro atoms. The van der Waals surface area contributed by atoms with Gasteiger partial charge in [0.2, 0.25) is 0 Å². The van der Waals surface area contributed by atoms with Crippen LogP contribution in [0.2, 0.25) is 0 Å². The van der Waals surface area contributed by atoms with Gasteiger partial charge in [-0.25, -0.2) is 9.59 Å². The number of benzene rings is 6. The second kappa shape index (κ2) is 22.0. The van der Waals surface area contributed by atoms with Gasteiger partial charge in [0.25, 0.3) is 0 Å². The molecule has 1 aliphatic heterocycles. The molecule has 2 atom stereocenters. The molecule has 6 aromatic rings. The summed E-state index contributed by atoms with van der Waals surface area (Å²) < 4.78 is 35.7. The van der Waals surface area contributed by atoms with Crippen LogP contribution in [0.4, 0.5) is 4.79 Å². The van der Waals surface area contributed by atoms with Crippen molar-refractivity contribution >= 4 is 26.7 Å². The fraction of sp³-hybridized carbons (Fsp3) is 0.304. The Hall–Kier alpha value is -6.37. The van der Waals surface area contributed by atoms with Gasteiger partial charge in [0, 0.05) is 37.3 Å². The SMILES string of the molecule is CCO[Si](OCC)(OCC)C1CCN1C(=O)OCCCC(C)(c1ccc(OC(=O)c2ccc(C(c3ccccc3)(c3ccccc3)c3ccc(OC)cc3)cc2)cc1)c1ccc(C(C)=O)cc1. The molecule has 6 aromatic carbocycles. The van der Waals surface area contributed by atoms with Crippen LogP contribution in [-0.4, -0.2) is 77.3 Å². The zero-order chi connectivity index (χ0) is 47.4. The largest absolute Gasteiger partial charge is 0.524 e. The Bertz CT molecular complexity index is 2500. The number of rotatable bonds is 21. The maximum absolute atomic E-state index is 13.8. The lowest BCUT2D eigenvalue weighted by molar-refractivity contribution is 0.000727. The normalized spacial score (nSPS) is 14.7. The maximum atomic E-state index is 13.8. The fourth-order valence-electron chi connectivity index (χ4n) is 9.32. The van der Waals surface area contributed by atoms with Crippen LogP contribution in [-0.2, 0) is 28.8 Å². The predicted octanol–water partition coefficient (Wildman–Crippen LogP) is 11.4. The quantitative estimate of drug-likeness (QED) is 0.0174. The van der Waals surface area contributed by atoms with E-state index in [-0.39, 0.29) is 18.1 Å². The van der Waals surface area contributed by atoms with Crippen molar-refractivity contribution < 1.29 is 41.9 Å². The van der Waals surface area contributed by atoms with Crippen molar-refractivity contribution in [3.05, 3.63) is 202 Å². The molecule has 7 rings (SSSR count). The lowest BCUT2D eigenvalue weighted by atomic mass is 9.65. The first-order chi connectivity index (χ1) is 32.5. The minimum absolute atomic E-state index is 0.0145. The van der Waals surface area contributed by atoms with Gasteiger partial charge in [-0.2, -0.15) is 0 Å². The first kappa shape index (κ1) is 48.6. The van der Waals surface area contributed by atoms with Gasteiger partial charge in [0.1, 0.15) is 17.2 Å². The van der Waals surface area contributed by atoms with Gasteiger partial charge in [-0.1, -0.05) is 128 Å². The standard InChI is InChI=1S/C56H61NO9Si/c1-7-63-67(64-8-2,65-9-3)52-37-39-57(52)54(60)62-40-16-38-55(5,44-25-21-42(22-26-44)41(4)58)45-29-35-51(36-30-45)66-53(59)43-23-27-48(28-24-43)56(46-17-12-10-13-18-46,47-19-14-11-15-20-47)49-31-33-50(61-6)34-32-49/h10-15,17-36,52H,7-9,16,37-40H2,1-6H3. The molecular formula is C56H61NO9Si. The number of ketones is 1. The highest BCUT2D eigenvalue weighted by atomic mass is 28.4. The lowest BCUT2D eigenvalue weighted by Crippen LogP contribution is -2.69. The van der Waals surface area contributed by atoms with E-state index in [2.05, 4.69) is 43.3 Å². The van der Waals surface area contributed by atoms with Gasteiger partial charge >= 0.3 is 20.9 Å². The van der Waals surface area contributed by atoms with E-state index in [1.807, 2.05) is 130 Å². The Morgan fingerprint density at radius 1 is 0.597 bits per heavy atom. The summed E-state index contributed by atoms with van der Waals surface area (Å²) in [5, 5.41) is 0. The molecule has 0 saturated carbocycles. The number of likely N-dealkylation sites (tertiary alicyclic amines) is 1. The maximum Gasteiger partial charge on any atom is 0.524 e. The van der Waals surface area contributed by atoms with Gasteiger partial charge in [0.15, 0.2) is 5.78 Å². The third kappa shape index (κ3) is 10.3. The molecule has 0 aliphatic carbocycles. The number of ether oxygens (including phenoxy) is 3. The van der Waals surface area contributed by atoms with Crippen LogP contribution in [0.1, 0.15) is 108 Å².